The van der Waals surface area contributed by atoms with E-state index in [0.717, 1.165) is 10.4 Å². The van der Waals surface area contributed by atoms with Gasteiger partial charge in [0.25, 0.3) is 0 Å². The third-order valence-electron chi connectivity index (χ3n) is 2.43. The highest BCUT2D eigenvalue weighted by molar-refractivity contribution is 9.10. The summed E-state index contributed by atoms with van der Waals surface area (Å²) in [5.74, 6) is 1.45. The lowest BCUT2D eigenvalue weighted by Gasteiger charge is -2.21. The van der Waals surface area contributed by atoms with E-state index in [1.165, 1.54) is 0 Å². The predicted molar refractivity (Wildman–Crippen MR) is 71.0 cm³/mol. The quantitative estimate of drug-likeness (QED) is 0.853. The van der Waals surface area contributed by atoms with Gasteiger partial charge in [-0.05, 0) is 22.9 Å². The number of aryl methyl sites for hydroxylation is 1. The highest BCUT2D eigenvalue weighted by Crippen LogP contribution is 2.16. The number of nitrogens with one attached hydrogen (secondary N) is 1. The van der Waals surface area contributed by atoms with E-state index in [4.69, 9.17) is 0 Å². The van der Waals surface area contributed by atoms with Crippen molar-refractivity contribution in [3.8, 4) is 0 Å². The van der Waals surface area contributed by atoms with Gasteiger partial charge in [-0.1, -0.05) is 6.92 Å². The molecule has 17 heavy (non-hydrogen) atoms. The standard InChI is InChI=1S/C11H17BrN4O/c1-7(11(17)13-3)6-16(4)10-5-9(12)14-8(2)15-10/h5,7H,6H2,1-4H3,(H,13,17). The van der Waals surface area contributed by atoms with Crippen molar-refractivity contribution in [1.29, 1.82) is 0 Å². The summed E-state index contributed by atoms with van der Waals surface area (Å²) in [5.41, 5.74) is 0. The van der Waals surface area contributed by atoms with Crippen LogP contribution >= 0.6 is 15.9 Å². The van der Waals surface area contributed by atoms with Crippen LogP contribution in [0, 0.1) is 12.8 Å². The molecule has 1 aromatic heterocycles. The largest absolute Gasteiger partial charge is 0.359 e. The molecule has 1 amide bonds. The molecule has 1 heterocycles. The van der Waals surface area contributed by atoms with E-state index in [9.17, 15) is 4.79 Å². The fourth-order valence-corrected chi connectivity index (χ4v) is 2.01. The Balaban J connectivity index is 2.75. The molecule has 0 aromatic carbocycles. The molecule has 1 unspecified atom stereocenters. The van der Waals surface area contributed by atoms with E-state index < -0.39 is 0 Å². The number of hydrogen-bond acceptors (Lipinski definition) is 4. The number of amides is 1. The average Bonchev–Trinajstić information content (AvgIpc) is 2.26. The molecule has 0 aliphatic rings. The van der Waals surface area contributed by atoms with Gasteiger partial charge in [0.2, 0.25) is 5.91 Å². The Morgan fingerprint density at radius 3 is 2.76 bits per heavy atom. The van der Waals surface area contributed by atoms with Gasteiger partial charge in [-0.25, -0.2) is 9.97 Å². The second-order valence-electron chi connectivity index (χ2n) is 3.99. The number of hydrogen-bond donors (Lipinski definition) is 1. The van der Waals surface area contributed by atoms with Gasteiger partial charge in [-0.2, -0.15) is 0 Å². The third-order valence-corrected chi connectivity index (χ3v) is 2.83. The minimum absolute atomic E-state index is 0.0293. The van der Waals surface area contributed by atoms with E-state index in [1.807, 2.05) is 31.9 Å². The summed E-state index contributed by atoms with van der Waals surface area (Å²) in [6.07, 6.45) is 0. The Kier molecular flexibility index (Phi) is 4.86. The lowest BCUT2D eigenvalue weighted by molar-refractivity contribution is -0.123. The smallest absolute Gasteiger partial charge is 0.224 e. The molecule has 0 fully saturated rings. The Morgan fingerprint density at radius 2 is 2.24 bits per heavy atom. The second kappa shape index (κ2) is 5.95. The summed E-state index contributed by atoms with van der Waals surface area (Å²) in [6.45, 7) is 4.34. The van der Waals surface area contributed by atoms with Gasteiger partial charge >= 0.3 is 0 Å². The zero-order valence-corrected chi connectivity index (χ0v) is 12.1. The van der Waals surface area contributed by atoms with Gasteiger partial charge in [0.05, 0.1) is 5.92 Å². The molecule has 0 aliphatic heterocycles. The van der Waals surface area contributed by atoms with Gasteiger partial charge in [-0.3, -0.25) is 4.79 Å². The first-order valence-electron chi connectivity index (χ1n) is 5.38. The number of carbonyl (C=O) groups is 1. The van der Waals surface area contributed by atoms with E-state index in [-0.39, 0.29) is 11.8 Å². The molecule has 0 aliphatic carbocycles. The summed E-state index contributed by atoms with van der Waals surface area (Å²) >= 11 is 3.33. The molecule has 0 bridgehead atoms. The normalized spacial score (nSPS) is 12.1. The molecule has 0 spiro atoms. The van der Waals surface area contributed by atoms with Gasteiger partial charge < -0.3 is 10.2 Å². The summed E-state index contributed by atoms with van der Waals surface area (Å²) in [4.78, 5) is 21.8. The lowest BCUT2D eigenvalue weighted by atomic mass is 10.1. The van der Waals surface area contributed by atoms with Crippen LogP contribution in [0.1, 0.15) is 12.7 Å². The summed E-state index contributed by atoms with van der Waals surface area (Å²) in [7, 11) is 3.55. The molecule has 0 saturated carbocycles. The van der Waals surface area contributed by atoms with Crippen LogP contribution in [0.25, 0.3) is 0 Å². The van der Waals surface area contributed by atoms with Crippen molar-refractivity contribution in [2.75, 3.05) is 25.5 Å². The van der Waals surface area contributed by atoms with Crippen LogP contribution in [0.5, 0.6) is 0 Å². The highest BCUT2D eigenvalue weighted by Gasteiger charge is 2.15. The number of rotatable bonds is 4. The number of halogens is 1. The summed E-state index contributed by atoms with van der Waals surface area (Å²) in [6, 6.07) is 1.84. The average molecular weight is 301 g/mol. The number of nitrogens with zero attached hydrogens (tertiary/aromatic N) is 3. The molecule has 1 aromatic rings. The molecule has 6 heteroatoms. The minimum Gasteiger partial charge on any atom is -0.359 e. The first-order valence-corrected chi connectivity index (χ1v) is 6.17. The maximum absolute atomic E-state index is 11.4. The number of anilines is 1. The zero-order valence-electron chi connectivity index (χ0n) is 10.5. The van der Waals surface area contributed by atoms with Crippen molar-refractivity contribution in [3.05, 3.63) is 16.5 Å². The third kappa shape index (κ3) is 3.96. The van der Waals surface area contributed by atoms with Crippen molar-refractivity contribution in [2.45, 2.75) is 13.8 Å². The van der Waals surface area contributed by atoms with Crippen LogP contribution in [0.3, 0.4) is 0 Å². The highest BCUT2D eigenvalue weighted by atomic mass is 79.9. The first-order chi connectivity index (χ1) is 7.93. The van der Waals surface area contributed by atoms with Gasteiger partial charge in [0, 0.05) is 26.7 Å². The molecule has 0 saturated heterocycles. The second-order valence-corrected chi connectivity index (χ2v) is 4.80. The minimum atomic E-state index is -0.0842. The molecule has 1 N–H and O–H groups in total. The van der Waals surface area contributed by atoms with E-state index in [0.29, 0.717) is 12.4 Å². The number of carbonyl (C=O) groups excluding carboxylic acids is 1. The van der Waals surface area contributed by atoms with Gasteiger partial charge in [0.1, 0.15) is 16.2 Å². The van der Waals surface area contributed by atoms with Crippen molar-refractivity contribution in [3.63, 3.8) is 0 Å². The maximum Gasteiger partial charge on any atom is 0.224 e. The Hall–Kier alpha value is -1.17. The Bertz CT molecular complexity index is 390. The molecular formula is C11H17BrN4O. The molecule has 94 valence electrons. The molecule has 5 nitrogen and oxygen atoms in total. The van der Waals surface area contributed by atoms with E-state index in [1.54, 1.807) is 7.05 Å². The van der Waals surface area contributed by atoms with E-state index in [2.05, 4.69) is 31.2 Å². The van der Waals surface area contributed by atoms with E-state index >= 15 is 0 Å². The zero-order chi connectivity index (χ0) is 13.0. The maximum atomic E-state index is 11.4. The van der Waals surface area contributed by atoms with Crippen LogP contribution in [0.4, 0.5) is 5.82 Å². The van der Waals surface area contributed by atoms with Crippen LogP contribution < -0.4 is 10.2 Å². The molecule has 1 rings (SSSR count). The first kappa shape index (κ1) is 13.9. The van der Waals surface area contributed by atoms with Crippen LogP contribution in [-0.4, -0.2) is 36.5 Å². The molecule has 0 radical (unpaired) electrons. The Labute approximate surface area is 110 Å². The van der Waals surface area contributed by atoms with Crippen LogP contribution in [-0.2, 0) is 4.79 Å². The van der Waals surface area contributed by atoms with Crippen LogP contribution in [0.15, 0.2) is 10.7 Å². The fourth-order valence-electron chi connectivity index (χ4n) is 1.55. The van der Waals surface area contributed by atoms with Crippen molar-refractivity contribution < 1.29 is 4.79 Å². The summed E-state index contributed by atoms with van der Waals surface area (Å²) in [5, 5.41) is 2.64. The lowest BCUT2D eigenvalue weighted by Crippen LogP contribution is -2.34. The van der Waals surface area contributed by atoms with Crippen molar-refractivity contribution in [1.82, 2.24) is 15.3 Å². The topological polar surface area (TPSA) is 58.1 Å². The SMILES string of the molecule is CNC(=O)C(C)CN(C)c1cc(Br)nc(C)n1. The fraction of sp³-hybridized carbons (Fsp3) is 0.545. The molecule has 1 atom stereocenters. The van der Waals surface area contributed by atoms with Crippen LogP contribution in [0.2, 0.25) is 0 Å². The predicted octanol–water partition coefficient (Wildman–Crippen LogP) is 1.37. The number of aromatic nitrogens is 2. The monoisotopic (exact) mass is 300 g/mol. The van der Waals surface area contributed by atoms with Crippen molar-refractivity contribution >= 4 is 27.7 Å². The Morgan fingerprint density at radius 1 is 1.59 bits per heavy atom. The molecular weight excluding hydrogens is 284 g/mol. The van der Waals surface area contributed by atoms with Crippen molar-refractivity contribution in [2.24, 2.45) is 5.92 Å². The van der Waals surface area contributed by atoms with Gasteiger partial charge in [0.15, 0.2) is 0 Å². The van der Waals surface area contributed by atoms with Gasteiger partial charge in [-0.15, -0.1) is 0 Å². The summed E-state index contributed by atoms with van der Waals surface area (Å²) < 4.78 is 0.749.